The van der Waals surface area contributed by atoms with Crippen LogP contribution in [-0.2, 0) is 9.59 Å². The number of aromatic carboxylic acids is 1. The maximum Gasteiger partial charge on any atom is 0.337 e. The molecule has 1 aliphatic heterocycles. The number of aryl methyl sites for hydroxylation is 1. The lowest BCUT2D eigenvalue weighted by Gasteiger charge is -2.17. The summed E-state index contributed by atoms with van der Waals surface area (Å²) in [7, 11) is 1.56. The summed E-state index contributed by atoms with van der Waals surface area (Å²) in [6, 6.07) is 11.8. The molecular weight excluding hydrogens is 348 g/mol. The zero-order valence-electron chi connectivity index (χ0n) is 15.1. The van der Waals surface area contributed by atoms with Gasteiger partial charge in [-0.2, -0.15) is 0 Å². The summed E-state index contributed by atoms with van der Waals surface area (Å²) in [6.07, 6.45) is 0.0755. The lowest BCUT2D eigenvalue weighted by molar-refractivity contribution is -0.122. The van der Waals surface area contributed by atoms with Gasteiger partial charge in [-0.15, -0.1) is 0 Å². The molecule has 0 bridgehead atoms. The number of amides is 2. The highest BCUT2D eigenvalue weighted by Gasteiger charge is 2.35. The molecule has 3 rings (SSSR count). The number of methoxy groups -OCH3 is 1. The lowest BCUT2D eigenvalue weighted by atomic mass is 10.1. The number of carboxylic acid groups (broad SMARTS) is 1. The van der Waals surface area contributed by atoms with Crippen LogP contribution in [-0.4, -0.2) is 36.5 Å². The first-order chi connectivity index (χ1) is 12.9. The van der Waals surface area contributed by atoms with Crippen LogP contribution in [0.5, 0.6) is 5.75 Å². The van der Waals surface area contributed by atoms with Crippen LogP contribution in [0.25, 0.3) is 0 Å². The van der Waals surface area contributed by atoms with E-state index in [2.05, 4.69) is 5.32 Å². The molecule has 2 N–H and O–H groups in total. The molecule has 0 aliphatic carbocycles. The Bertz CT molecular complexity index is 892. The molecule has 1 aliphatic rings. The molecule has 0 saturated carbocycles. The number of nitrogens with zero attached hydrogens (tertiary/aromatic N) is 1. The third-order valence-electron chi connectivity index (χ3n) is 4.54. The van der Waals surface area contributed by atoms with Crippen molar-refractivity contribution in [1.82, 2.24) is 0 Å². The van der Waals surface area contributed by atoms with E-state index in [9.17, 15) is 19.5 Å². The summed E-state index contributed by atoms with van der Waals surface area (Å²) < 4.78 is 5.11. The Morgan fingerprint density at radius 3 is 2.52 bits per heavy atom. The molecule has 140 valence electrons. The Hall–Kier alpha value is -3.35. The number of nitrogens with one attached hydrogen (secondary N) is 1. The fourth-order valence-electron chi connectivity index (χ4n) is 3.07. The number of anilines is 2. The zero-order chi connectivity index (χ0) is 19.6. The average molecular weight is 368 g/mol. The van der Waals surface area contributed by atoms with E-state index in [0.29, 0.717) is 11.4 Å². The second-order valence-corrected chi connectivity index (χ2v) is 6.45. The highest BCUT2D eigenvalue weighted by Crippen LogP contribution is 2.28. The van der Waals surface area contributed by atoms with Gasteiger partial charge in [0.05, 0.1) is 24.3 Å². The Balaban J connectivity index is 1.73. The monoisotopic (exact) mass is 368 g/mol. The van der Waals surface area contributed by atoms with Gasteiger partial charge < -0.3 is 20.1 Å². The summed E-state index contributed by atoms with van der Waals surface area (Å²) in [4.78, 5) is 37.9. The Kier molecular flexibility index (Phi) is 5.12. The van der Waals surface area contributed by atoms with Gasteiger partial charge >= 0.3 is 5.97 Å². The Labute approximate surface area is 156 Å². The molecule has 1 unspecified atom stereocenters. The van der Waals surface area contributed by atoms with E-state index in [4.69, 9.17) is 4.74 Å². The number of ether oxygens (including phenoxy) is 1. The van der Waals surface area contributed by atoms with E-state index < -0.39 is 11.9 Å². The fraction of sp³-hybridized carbons (Fsp3) is 0.250. The number of hydrogen-bond donors (Lipinski definition) is 2. The van der Waals surface area contributed by atoms with Crippen LogP contribution in [0.4, 0.5) is 11.4 Å². The number of rotatable bonds is 5. The van der Waals surface area contributed by atoms with Crippen LogP contribution in [0.2, 0.25) is 0 Å². The van der Waals surface area contributed by atoms with Crippen LogP contribution in [0.15, 0.2) is 42.5 Å². The third kappa shape index (κ3) is 3.92. The molecule has 0 radical (unpaired) electrons. The summed E-state index contributed by atoms with van der Waals surface area (Å²) >= 11 is 0. The van der Waals surface area contributed by atoms with Crippen LogP contribution in [0.3, 0.4) is 0 Å². The number of benzene rings is 2. The number of carbonyl (C=O) groups is 3. The van der Waals surface area contributed by atoms with E-state index in [1.807, 2.05) is 0 Å². The molecule has 2 aromatic carbocycles. The Morgan fingerprint density at radius 2 is 1.89 bits per heavy atom. The Morgan fingerprint density at radius 1 is 1.19 bits per heavy atom. The van der Waals surface area contributed by atoms with Crippen molar-refractivity contribution in [2.75, 3.05) is 23.9 Å². The molecule has 1 atom stereocenters. The average Bonchev–Trinajstić information content (AvgIpc) is 3.05. The van der Waals surface area contributed by atoms with Crippen LogP contribution >= 0.6 is 0 Å². The number of hydrogen-bond acceptors (Lipinski definition) is 4. The molecule has 7 heteroatoms. The predicted octanol–water partition coefficient (Wildman–Crippen LogP) is 2.69. The first-order valence-electron chi connectivity index (χ1n) is 8.48. The molecule has 1 saturated heterocycles. The normalized spacial score (nSPS) is 16.3. The van der Waals surface area contributed by atoms with Crippen molar-refractivity contribution in [3.63, 3.8) is 0 Å². The van der Waals surface area contributed by atoms with Crippen molar-refractivity contribution < 1.29 is 24.2 Å². The lowest BCUT2D eigenvalue weighted by Crippen LogP contribution is -2.28. The molecule has 2 amide bonds. The highest BCUT2D eigenvalue weighted by atomic mass is 16.5. The molecule has 0 spiro atoms. The predicted molar refractivity (Wildman–Crippen MR) is 100 cm³/mol. The van der Waals surface area contributed by atoms with Gasteiger partial charge in [0.15, 0.2) is 0 Å². The number of carboxylic acids is 1. The summed E-state index contributed by atoms with van der Waals surface area (Å²) in [5.41, 5.74) is 1.73. The zero-order valence-corrected chi connectivity index (χ0v) is 15.1. The van der Waals surface area contributed by atoms with Gasteiger partial charge in [-0.05, 0) is 43.3 Å². The standard InChI is InChI=1S/C20H20N2O5/c1-12-3-8-17(16(9-12)20(25)26)21-19(24)13-10-18(23)22(11-13)14-4-6-15(27-2)7-5-14/h3-9,13H,10-11H2,1-2H3,(H,21,24)(H,25,26). The van der Waals surface area contributed by atoms with E-state index in [-0.39, 0.29) is 36.0 Å². The minimum atomic E-state index is -1.11. The van der Waals surface area contributed by atoms with Crippen molar-refractivity contribution in [1.29, 1.82) is 0 Å². The van der Waals surface area contributed by atoms with Gasteiger partial charge in [0.25, 0.3) is 0 Å². The van der Waals surface area contributed by atoms with Crippen LogP contribution in [0.1, 0.15) is 22.3 Å². The van der Waals surface area contributed by atoms with Gasteiger partial charge in [0, 0.05) is 18.7 Å². The first kappa shape index (κ1) is 18.4. The molecule has 7 nitrogen and oxygen atoms in total. The topological polar surface area (TPSA) is 95.9 Å². The van der Waals surface area contributed by atoms with E-state index in [0.717, 1.165) is 5.56 Å². The molecule has 1 heterocycles. The molecule has 0 aromatic heterocycles. The van der Waals surface area contributed by atoms with Crippen molar-refractivity contribution in [3.05, 3.63) is 53.6 Å². The van der Waals surface area contributed by atoms with Gasteiger partial charge in [0.1, 0.15) is 5.75 Å². The van der Waals surface area contributed by atoms with Crippen molar-refractivity contribution in [2.24, 2.45) is 5.92 Å². The quantitative estimate of drug-likeness (QED) is 0.846. The van der Waals surface area contributed by atoms with E-state index >= 15 is 0 Å². The smallest absolute Gasteiger partial charge is 0.337 e. The largest absolute Gasteiger partial charge is 0.497 e. The minimum absolute atomic E-state index is 0.0275. The van der Waals surface area contributed by atoms with Gasteiger partial charge in [-0.3, -0.25) is 9.59 Å². The maximum absolute atomic E-state index is 12.6. The van der Waals surface area contributed by atoms with Crippen molar-refractivity contribution in [3.8, 4) is 5.75 Å². The number of carbonyl (C=O) groups excluding carboxylic acids is 2. The van der Waals surface area contributed by atoms with Gasteiger partial charge in [-0.1, -0.05) is 11.6 Å². The van der Waals surface area contributed by atoms with Crippen LogP contribution < -0.4 is 15.0 Å². The second kappa shape index (κ2) is 7.49. The molecule has 2 aromatic rings. The first-order valence-corrected chi connectivity index (χ1v) is 8.48. The molecule has 27 heavy (non-hydrogen) atoms. The second-order valence-electron chi connectivity index (χ2n) is 6.45. The van der Waals surface area contributed by atoms with Gasteiger partial charge in [-0.25, -0.2) is 4.79 Å². The summed E-state index contributed by atoms with van der Waals surface area (Å²) in [5.74, 6) is -1.51. The van der Waals surface area contributed by atoms with Crippen molar-refractivity contribution in [2.45, 2.75) is 13.3 Å². The van der Waals surface area contributed by atoms with Crippen molar-refractivity contribution >= 4 is 29.2 Å². The molecular formula is C20H20N2O5. The minimum Gasteiger partial charge on any atom is -0.497 e. The third-order valence-corrected chi connectivity index (χ3v) is 4.54. The van der Waals surface area contributed by atoms with E-state index in [1.54, 1.807) is 55.3 Å². The summed E-state index contributed by atoms with van der Waals surface area (Å²) in [6.45, 7) is 2.02. The SMILES string of the molecule is COc1ccc(N2CC(C(=O)Nc3ccc(C)cc3C(=O)O)CC2=O)cc1. The maximum atomic E-state index is 12.6. The summed E-state index contributed by atoms with van der Waals surface area (Å²) in [5, 5.41) is 12.0. The van der Waals surface area contributed by atoms with E-state index in [1.165, 1.54) is 6.07 Å². The highest BCUT2D eigenvalue weighted by molar-refractivity contribution is 6.06. The fourth-order valence-corrected chi connectivity index (χ4v) is 3.07. The molecule has 1 fully saturated rings. The van der Waals surface area contributed by atoms with Crippen LogP contribution in [0, 0.1) is 12.8 Å². The van der Waals surface area contributed by atoms with Gasteiger partial charge in [0.2, 0.25) is 11.8 Å².